The van der Waals surface area contributed by atoms with Crippen LogP contribution < -0.4 is 9.47 Å². The predicted molar refractivity (Wildman–Crippen MR) is 340 cm³/mol. The SMILES string of the molecule is CCOc1cc(C)cc(C)n1.CCn1cc(C)cn1.COc1cc(C)cc(C)n1.Cc1cc(C)nc(C(F)(F)F)c1.Cc1cc(C)nc(C(F)(F)F)c1.Cc1cc(C)nc(C(F)(F)F)c1.Cc1cc(C)nc(C)c1.Cc1cc(C)nc(C)c1.Cc1nnc(C)s1. The zero-order valence-electron chi connectivity index (χ0n) is 55.7. The van der Waals surface area contributed by atoms with Gasteiger partial charge in [0.05, 0.1) is 19.9 Å². The molecule has 0 amide bonds. The molecule has 0 fully saturated rings. The first-order chi connectivity index (χ1) is 41.6. The van der Waals surface area contributed by atoms with Gasteiger partial charge in [-0.2, -0.15) is 44.6 Å². The van der Waals surface area contributed by atoms with Crippen molar-refractivity contribution in [3.63, 3.8) is 0 Å². The average molecular weight is 1280 g/mol. The van der Waals surface area contributed by atoms with Crippen molar-refractivity contribution in [2.24, 2.45) is 0 Å². The monoisotopic (exact) mass is 1280 g/mol. The molecule has 0 bridgehead atoms. The first-order valence-corrected chi connectivity index (χ1v) is 29.2. The molecule has 0 atom stereocenters. The fourth-order valence-corrected chi connectivity index (χ4v) is 8.61. The third kappa shape index (κ3) is 35.1. The lowest BCUT2D eigenvalue weighted by Gasteiger charge is -2.06. The molecule has 9 heterocycles. The Balaban J connectivity index is 0.000000508. The molecule has 9 aromatic rings. The summed E-state index contributed by atoms with van der Waals surface area (Å²) in [6.45, 7) is 41.3. The summed E-state index contributed by atoms with van der Waals surface area (Å²) in [5.74, 6) is 1.42. The highest BCUT2D eigenvalue weighted by Gasteiger charge is 2.34. The van der Waals surface area contributed by atoms with Crippen molar-refractivity contribution in [2.75, 3.05) is 13.7 Å². The van der Waals surface area contributed by atoms with Gasteiger partial charge in [0.25, 0.3) is 0 Å². The maximum absolute atomic E-state index is 12.1. The molecule has 0 N–H and O–H groups in total. The van der Waals surface area contributed by atoms with Crippen LogP contribution in [-0.2, 0) is 25.1 Å². The van der Waals surface area contributed by atoms with Crippen molar-refractivity contribution in [2.45, 2.75) is 170 Å². The number of aromatic nitrogens is 11. The van der Waals surface area contributed by atoms with Gasteiger partial charge in [-0.3, -0.25) is 14.6 Å². The number of aryl methyl sites for hydroxylation is 20. The van der Waals surface area contributed by atoms with Gasteiger partial charge in [0, 0.05) is 76.1 Å². The fraction of sp³-hybridized carbons (Fsp3) is 0.403. The molecule has 0 saturated carbocycles. The number of nitrogens with zero attached hydrogens (tertiary/aromatic N) is 11. The van der Waals surface area contributed by atoms with E-state index in [0.29, 0.717) is 46.3 Å². The van der Waals surface area contributed by atoms with Crippen LogP contribution in [0.4, 0.5) is 39.5 Å². The van der Waals surface area contributed by atoms with E-state index in [1.165, 1.54) is 27.8 Å². The molecule has 490 valence electrons. The Bertz CT molecular complexity index is 3190. The summed E-state index contributed by atoms with van der Waals surface area (Å²) >= 11 is 1.62. The highest BCUT2D eigenvalue weighted by Crippen LogP contribution is 2.30. The van der Waals surface area contributed by atoms with Crippen molar-refractivity contribution >= 4 is 11.3 Å². The van der Waals surface area contributed by atoms with Gasteiger partial charge >= 0.3 is 18.5 Å². The number of hydrogen-bond acceptors (Lipinski definition) is 13. The van der Waals surface area contributed by atoms with E-state index in [1.807, 2.05) is 124 Å². The maximum atomic E-state index is 12.1. The normalized spacial score (nSPS) is 10.5. The Morgan fingerprint density at radius 3 is 0.822 bits per heavy atom. The van der Waals surface area contributed by atoms with Gasteiger partial charge in [0.15, 0.2) is 0 Å². The van der Waals surface area contributed by atoms with Crippen molar-refractivity contribution in [3.05, 3.63) is 220 Å². The Kier molecular flexibility index (Phi) is 34.0. The molecule has 0 aliphatic carbocycles. The minimum atomic E-state index is -4.34. The van der Waals surface area contributed by atoms with Crippen LogP contribution in [0.25, 0.3) is 0 Å². The molecule has 0 aromatic carbocycles. The summed E-state index contributed by atoms with van der Waals surface area (Å²) in [5.41, 5.74) is 13.1. The number of halogens is 9. The van der Waals surface area contributed by atoms with Gasteiger partial charge in [-0.05, 0) is 263 Å². The van der Waals surface area contributed by atoms with E-state index in [-0.39, 0.29) is 0 Å². The van der Waals surface area contributed by atoms with Gasteiger partial charge in [-0.15, -0.1) is 21.5 Å². The smallest absolute Gasteiger partial charge is 0.433 e. The lowest BCUT2D eigenvalue weighted by Crippen LogP contribution is -2.08. The Morgan fingerprint density at radius 2 is 0.622 bits per heavy atom. The van der Waals surface area contributed by atoms with E-state index < -0.39 is 35.6 Å². The molecule has 13 nitrogen and oxygen atoms in total. The molecule has 90 heavy (non-hydrogen) atoms. The summed E-state index contributed by atoms with van der Waals surface area (Å²) in [6, 6.07) is 24.1. The zero-order valence-corrected chi connectivity index (χ0v) is 56.5. The third-order valence-electron chi connectivity index (χ3n) is 11.0. The second-order valence-corrected chi connectivity index (χ2v) is 22.3. The van der Waals surface area contributed by atoms with Gasteiger partial charge in [0.2, 0.25) is 11.8 Å². The van der Waals surface area contributed by atoms with Gasteiger partial charge < -0.3 is 9.47 Å². The summed E-state index contributed by atoms with van der Waals surface area (Å²) < 4.78 is 121. The molecule has 0 saturated heterocycles. The predicted octanol–water partition coefficient (Wildman–Crippen LogP) is 18.3. The Hall–Kier alpha value is -8.21. The van der Waals surface area contributed by atoms with Crippen molar-refractivity contribution in [1.82, 2.24) is 54.9 Å². The molecule has 9 aromatic heterocycles. The first-order valence-electron chi connectivity index (χ1n) is 28.3. The minimum Gasteiger partial charge on any atom is -0.481 e. The summed E-state index contributed by atoms with van der Waals surface area (Å²) in [6.07, 6.45) is -9.12. The molecule has 0 radical (unpaired) electrons. The van der Waals surface area contributed by atoms with E-state index in [0.717, 1.165) is 74.8 Å². The summed E-state index contributed by atoms with van der Waals surface area (Å²) in [7, 11) is 1.63. The van der Waals surface area contributed by atoms with Crippen LogP contribution in [0.1, 0.15) is 137 Å². The second-order valence-electron chi connectivity index (χ2n) is 21.0. The highest BCUT2D eigenvalue weighted by molar-refractivity contribution is 7.11. The van der Waals surface area contributed by atoms with E-state index >= 15 is 0 Å². The maximum Gasteiger partial charge on any atom is 0.433 e. The second kappa shape index (κ2) is 38.4. The van der Waals surface area contributed by atoms with E-state index in [2.05, 4.69) is 95.2 Å². The molecular weight excluding hydrogens is 1190 g/mol. The standard InChI is InChI=1S/C9H13NO.3C8H8F3N.C8H11NO.2C8H11N.C6H10N2.C4H6N2S/c1-4-11-9-6-7(2)5-8(3)10-9;3*1-5-3-6(2)12-7(4-5)8(9,10)11;1-6-4-7(2)9-8(5-6)10-3;2*1-6-4-7(2)9-8(3)5-6;1-3-8-5-6(2)4-7-8;1-3-5-6-4(2)7-3/h5-6H,4H2,1-3H3;3*3-4H,1-2H3;4-5H,1-3H3;2*4-5H,1-3H3;4-5H,3H2,1-2H3;1-2H3. The van der Waals surface area contributed by atoms with Crippen LogP contribution in [0.2, 0.25) is 0 Å². The first kappa shape index (κ1) is 79.8. The van der Waals surface area contributed by atoms with Gasteiger partial charge in [-0.25, -0.2) is 24.9 Å². The number of methoxy groups -OCH3 is 1. The lowest BCUT2D eigenvalue weighted by molar-refractivity contribution is -0.142. The number of rotatable bonds is 4. The van der Waals surface area contributed by atoms with E-state index in [9.17, 15) is 39.5 Å². The molecule has 0 unspecified atom stereocenters. The van der Waals surface area contributed by atoms with Crippen LogP contribution >= 0.6 is 11.3 Å². The van der Waals surface area contributed by atoms with Gasteiger partial charge in [-0.1, -0.05) is 0 Å². The average Bonchev–Trinajstić information content (AvgIpc) is 2.01. The third-order valence-corrected chi connectivity index (χ3v) is 11.7. The summed E-state index contributed by atoms with van der Waals surface area (Å²) in [4.78, 5) is 26.9. The fourth-order valence-electron chi connectivity index (χ4n) is 8.02. The lowest BCUT2D eigenvalue weighted by atomic mass is 10.2. The molecule has 9 rings (SSSR count). The molecule has 23 heteroatoms. The van der Waals surface area contributed by atoms with Crippen LogP contribution in [0, 0.1) is 132 Å². The minimum absolute atomic E-state index is 0.391. The number of pyridine rings is 7. The van der Waals surface area contributed by atoms with Gasteiger partial charge in [0.1, 0.15) is 27.1 Å². The van der Waals surface area contributed by atoms with E-state index in [1.54, 1.807) is 78.2 Å². The Morgan fingerprint density at radius 1 is 0.356 bits per heavy atom. The van der Waals surface area contributed by atoms with Crippen LogP contribution in [-0.4, -0.2) is 68.6 Å². The van der Waals surface area contributed by atoms with E-state index in [4.69, 9.17) is 9.47 Å². The summed E-state index contributed by atoms with van der Waals surface area (Å²) in [5, 5.41) is 13.7. The highest BCUT2D eigenvalue weighted by atomic mass is 32.1. The topological polar surface area (TPSA) is 152 Å². The Labute approximate surface area is 529 Å². The quantitative estimate of drug-likeness (QED) is 0.154. The number of hydrogen-bond donors (Lipinski definition) is 0. The zero-order chi connectivity index (χ0) is 68.9. The largest absolute Gasteiger partial charge is 0.481 e. The van der Waals surface area contributed by atoms with Crippen molar-refractivity contribution < 1.29 is 49.0 Å². The van der Waals surface area contributed by atoms with Crippen LogP contribution in [0.5, 0.6) is 11.8 Å². The van der Waals surface area contributed by atoms with Crippen LogP contribution in [0.15, 0.2) is 97.3 Å². The van der Waals surface area contributed by atoms with Crippen molar-refractivity contribution in [1.29, 1.82) is 0 Å². The molecule has 0 aliphatic rings. The van der Waals surface area contributed by atoms with Crippen LogP contribution in [0.3, 0.4) is 0 Å². The molecule has 0 spiro atoms. The molecule has 0 aliphatic heterocycles. The number of ether oxygens (including phenoxy) is 2. The van der Waals surface area contributed by atoms with Crippen molar-refractivity contribution in [3.8, 4) is 11.8 Å². The number of alkyl halides is 9. The molecular formula is C67H86F9N11O2S.